The number of hydrogen-bond acceptors (Lipinski definition) is 4. The summed E-state index contributed by atoms with van der Waals surface area (Å²) < 4.78 is 41.0. The van der Waals surface area contributed by atoms with Gasteiger partial charge in [-0.25, -0.2) is 12.8 Å². The zero-order chi connectivity index (χ0) is 18.9. The minimum atomic E-state index is -3.92. The van der Waals surface area contributed by atoms with Crippen LogP contribution in [-0.4, -0.2) is 38.9 Å². The number of sulfonamides is 1. The molecular formula is C19H20FN3O2S. The van der Waals surface area contributed by atoms with Crippen molar-refractivity contribution in [2.45, 2.75) is 18.7 Å². The summed E-state index contributed by atoms with van der Waals surface area (Å²) in [6, 6.07) is 11.5. The first-order chi connectivity index (χ1) is 12.3. The Kier molecular flexibility index (Phi) is 4.99. The SMILES string of the molecule is Cc1ccc(C)c(N2CCN(S(=O)(=O)c3ccc(C#N)cc3F)CC2)c1. The van der Waals surface area contributed by atoms with Gasteiger partial charge in [0.1, 0.15) is 10.7 Å². The second kappa shape index (κ2) is 7.06. The summed E-state index contributed by atoms with van der Waals surface area (Å²) in [5.74, 6) is -0.888. The molecule has 136 valence electrons. The van der Waals surface area contributed by atoms with Crippen LogP contribution in [0.25, 0.3) is 0 Å². The van der Waals surface area contributed by atoms with Gasteiger partial charge in [0.25, 0.3) is 0 Å². The first-order valence-electron chi connectivity index (χ1n) is 8.35. The molecular weight excluding hydrogens is 353 g/mol. The third kappa shape index (κ3) is 3.43. The van der Waals surface area contributed by atoms with Crippen molar-refractivity contribution in [1.82, 2.24) is 4.31 Å². The van der Waals surface area contributed by atoms with Gasteiger partial charge in [0.15, 0.2) is 0 Å². The van der Waals surface area contributed by atoms with Crippen molar-refractivity contribution in [3.63, 3.8) is 0 Å². The van der Waals surface area contributed by atoms with E-state index in [0.717, 1.165) is 22.9 Å². The zero-order valence-corrected chi connectivity index (χ0v) is 15.6. The highest BCUT2D eigenvalue weighted by Gasteiger charge is 2.31. The van der Waals surface area contributed by atoms with E-state index < -0.39 is 15.8 Å². The summed E-state index contributed by atoms with van der Waals surface area (Å²) in [5, 5.41) is 8.80. The highest BCUT2D eigenvalue weighted by atomic mass is 32.2. The van der Waals surface area contributed by atoms with Gasteiger partial charge >= 0.3 is 0 Å². The molecule has 2 aromatic rings. The van der Waals surface area contributed by atoms with Crippen LogP contribution in [0.15, 0.2) is 41.3 Å². The summed E-state index contributed by atoms with van der Waals surface area (Å²) in [5.41, 5.74) is 3.50. The van der Waals surface area contributed by atoms with Crippen molar-refractivity contribution in [3.05, 3.63) is 58.9 Å². The monoisotopic (exact) mass is 373 g/mol. The summed E-state index contributed by atoms with van der Waals surface area (Å²) in [6.07, 6.45) is 0. The first-order valence-corrected chi connectivity index (χ1v) is 9.79. The zero-order valence-electron chi connectivity index (χ0n) is 14.7. The lowest BCUT2D eigenvalue weighted by Crippen LogP contribution is -2.49. The fourth-order valence-electron chi connectivity index (χ4n) is 3.15. The summed E-state index contributed by atoms with van der Waals surface area (Å²) in [4.78, 5) is 1.78. The van der Waals surface area contributed by atoms with E-state index in [-0.39, 0.29) is 23.5 Å². The van der Waals surface area contributed by atoms with Gasteiger partial charge in [-0.05, 0) is 49.2 Å². The second-order valence-electron chi connectivity index (χ2n) is 6.44. The van der Waals surface area contributed by atoms with E-state index in [2.05, 4.69) is 17.0 Å². The van der Waals surface area contributed by atoms with Crippen molar-refractivity contribution in [3.8, 4) is 6.07 Å². The molecule has 5 nitrogen and oxygen atoms in total. The largest absolute Gasteiger partial charge is 0.369 e. The Bertz CT molecular complexity index is 975. The van der Waals surface area contributed by atoms with Crippen LogP contribution >= 0.6 is 0 Å². The number of piperazine rings is 1. The van der Waals surface area contributed by atoms with E-state index in [1.54, 1.807) is 6.07 Å². The third-order valence-electron chi connectivity index (χ3n) is 4.62. The maximum Gasteiger partial charge on any atom is 0.246 e. The highest BCUT2D eigenvalue weighted by molar-refractivity contribution is 7.89. The standard InChI is InChI=1S/C19H20FN3O2S/c1-14-3-4-15(2)18(11-14)22-7-9-23(10-8-22)26(24,25)19-6-5-16(13-21)12-17(19)20/h3-6,11-12H,7-10H2,1-2H3. The Morgan fingerprint density at radius 1 is 1.04 bits per heavy atom. The molecule has 26 heavy (non-hydrogen) atoms. The quantitative estimate of drug-likeness (QED) is 0.830. The number of aryl methyl sites for hydroxylation is 2. The van der Waals surface area contributed by atoms with Crippen LogP contribution in [0, 0.1) is 31.0 Å². The molecule has 3 rings (SSSR count). The van der Waals surface area contributed by atoms with Gasteiger partial charge in [-0.3, -0.25) is 0 Å². The minimum absolute atomic E-state index is 0.0983. The third-order valence-corrected chi connectivity index (χ3v) is 6.55. The van der Waals surface area contributed by atoms with E-state index in [1.807, 2.05) is 19.9 Å². The maximum absolute atomic E-state index is 14.2. The molecule has 1 fully saturated rings. The number of benzene rings is 2. The molecule has 0 saturated carbocycles. The molecule has 0 radical (unpaired) electrons. The summed E-state index contributed by atoms with van der Waals surface area (Å²) in [7, 11) is -3.92. The normalized spacial score (nSPS) is 15.7. The van der Waals surface area contributed by atoms with Crippen LogP contribution < -0.4 is 4.90 Å². The van der Waals surface area contributed by atoms with Crippen LogP contribution in [0.2, 0.25) is 0 Å². The van der Waals surface area contributed by atoms with E-state index in [4.69, 9.17) is 5.26 Å². The van der Waals surface area contributed by atoms with Crippen molar-refractivity contribution in [2.24, 2.45) is 0 Å². The van der Waals surface area contributed by atoms with Crippen LogP contribution in [0.5, 0.6) is 0 Å². The topological polar surface area (TPSA) is 64.4 Å². The Morgan fingerprint density at radius 3 is 2.35 bits per heavy atom. The molecule has 0 N–H and O–H groups in total. The number of nitriles is 1. The fraction of sp³-hybridized carbons (Fsp3) is 0.316. The smallest absolute Gasteiger partial charge is 0.246 e. The molecule has 2 aromatic carbocycles. The lowest BCUT2D eigenvalue weighted by molar-refractivity contribution is 0.382. The average Bonchev–Trinajstić information content (AvgIpc) is 2.63. The lowest BCUT2D eigenvalue weighted by Gasteiger charge is -2.36. The Labute approximate surface area is 153 Å². The van der Waals surface area contributed by atoms with Crippen molar-refractivity contribution in [1.29, 1.82) is 5.26 Å². The van der Waals surface area contributed by atoms with Crippen LogP contribution in [0.4, 0.5) is 10.1 Å². The summed E-state index contributed by atoms with van der Waals surface area (Å²) in [6.45, 7) is 5.72. The number of anilines is 1. The van der Waals surface area contributed by atoms with Crippen LogP contribution in [0.1, 0.15) is 16.7 Å². The van der Waals surface area contributed by atoms with Crippen molar-refractivity contribution < 1.29 is 12.8 Å². The molecule has 0 unspecified atom stereocenters. The van der Waals surface area contributed by atoms with E-state index >= 15 is 0 Å². The number of nitrogens with zero attached hydrogens (tertiary/aromatic N) is 3. The summed E-state index contributed by atoms with van der Waals surface area (Å²) >= 11 is 0. The van der Waals surface area contributed by atoms with E-state index in [1.165, 1.54) is 16.4 Å². The Hall–Kier alpha value is -2.43. The maximum atomic E-state index is 14.2. The molecule has 0 spiro atoms. The molecule has 0 amide bonds. The average molecular weight is 373 g/mol. The van der Waals surface area contributed by atoms with Crippen molar-refractivity contribution >= 4 is 15.7 Å². The molecule has 1 aliphatic rings. The van der Waals surface area contributed by atoms with Crippen LogP contribution in [-0.2, 0) is 10.0 Å². The number of hydrogen-bond donors (Lipinski definition) is 0. The van der Waals surface area contributed by atoms with Gasteiger partial charge < -0.3 is 4.90 Å². The predicted molar refractivity (Wildman–Crippen MR) is 98.0 cm³/mol. The molecule has 1 heterocycles. The number of rotatable bonds is 3. The van der Waals surface area contributed by atoms with Crippen LogP contribution in [0.3, 0.4) is 0 Å². The van der Waals surface area contributed by atoms with Gasteiger partial charge in [-0.1, -0.05) is 12.1 Å². The molecule has 1 aliphatic heterocycles. The predicted octanol–water partition coefficient (Wildman–Crippen LogP) is 2.83. The molecule has 0 bridgehead atoms. The van der Waals surface area contributed by atoms with Gasteiger partial charge in [0.05, 0.1) is 11.6 Å². The molecule has 0 atom stereocenters. The van der Waals surface area contributed by atoms with Gasteiger partial charge in [0, 0.05) is 31.9 Å². The molecule has 7 heteroatoms. The minimum Gasteiger partial charge on any atom is -0.369 e. The Morgan fingerprint density at radius 2 is 1.73 bits per heavy atom. The van der Waals surface area contributed by atoms with Gasteiger partial charge in [-0.2, -0.15) is 9.57 Å². The van der Waals surface area contributed by atoms with Gasteiger partial charge in [0.2, 0.25) is 10.0 Å². The molecule has 0 aliphatic carbocycles. The highest BCUT2D eigenvalue weighted by Crippen LogP contribution is 2.26. The Balaban J connectivity index is 1.79. The molecule has 1 saturated heterocycles. The second-order valence-corrected chi connectivity index (χ2v) is 8.34. The van der Waals surface area contributed by atoms with E-state index in [9.17, 15) is 12.8 Å². The fourth-order valence-corrected chi connectivity index (χ4v) is 4.62. The van der Waals surface area contributed by atoms with E-state index in [0.29, 0.717) is 13.1 Å². The first kappa shape index (κ1) is 18.4. The molecule has 0 aromatic heterocycles. The van der Waals surface area contributed by atoms with Gasteiger partial charge in [-0.15, -0.1) is 0 Å². The number of halogens is 1. The van der Waals surface area contributed by atoms with Crippen molar-refractivity contribution in [2.75, 3.05) is 31.1 Å². The lowest BCUT2D eigenvalue weighted by atomic mass is 10.1.